The molecular weight excluding hydrogens is 588 g/mol. The third-order valence-corrected chi connectivity index (χ3v) is 5.74. The van der Waals surface area contributed by atoms with Gasteiger partial charge in [-0.2, -0.15) is 0 Å². The van der Waals surface area contributed by atoms with Crippen molar-refractivity contribution >= 4 is 24.0 Å². The Labute approximate surface area is 274 Å². The predicted octanol–water partition coefficient (Wildman–Crippen LogP) is 5.43. The summed E-state index contributed by atoms with van der Waals surface area (Å²) in [7, 11) is 0. The highest BCUT2D eigenvalue weighted by Gasteiger charge is 2.27. The first kappa shape index (κ1) is 39.7. The average molecular weight is 643 g/mol. The van der Waals surface area contributed by atoms with Crippen molar-refractivity contribution < 1.29 is 33.4 Å². The highest BCUT2D eigenvalue weighted by Crippen LogP contribution is 2.19. The molecule has 0 saturated heterocycles. The van der Waals surface area contributed by atoms with Crippen molar-refractivity contribution in [2.75, 3.05) is 6.54 Å². The summed E-state index contributed by atoms with van der Waals surface area (Å²) < 4.78 is 15.8. The minimum atomic E-state index is -0.937. The van der Waals surface area contributed by atoms with Crippen LogP contribution < -0.4 is 26.4 Å². The van der Waals surface area contributed by atoms with Gasteiger partial charge in [-0.05, 0) is 105 Å². The van der Waals surface area contributed by atoms with Crippen LogP contribution in [0.1, 0.15) is 86.8 Å². The highest BCUT2D eigenvalue weighted by molar-refractivity contribution is 5.91. The molecule has 0 aliphatic heterocycles. The SMILES string of the molecule is CC(C)(C)OC(N)=O.C[C@@H](NC(=O)[C@H](Cc1ccc(OC(C)(C)C)cc1)NC(=O)OC(C)(C)C)C(=O)NCCCc1ccccc1. The van der Waals surface area contributed by atoms with Crippen LogP contribution in [0.2, 0.25) is 0 Å². The lowest BCUT2D eigenvalue weighted by molar-refractivity contribution is -0.129. The minimum absolute atomic E-state index is 0.215. The molecule has 0 bridgehead atoms. The molecule has 0 heterocycles. The van der Waals surface area contributed by atoms with Crippen LogP contribution in [0.4, 0.5) is 9.59 Å². The second-order valence-electron chi connectivity index (χ2n) is 13.9. The number of hydrogen-bond donors (Lipinski definition) is 4. The van der Waals surface area contributed by atoms with Gasteiger partial charge in [0.1, 0.15) is 34.6 Å². The predicted molar refractivity (Wildman–Crippen MR) is 179 cm³/mol. The maximum Gasteiger partial charge on any atom is 0.408 e. The Hall–Kier alpha value is -4.28. The van der Waals surface area contributed by atoms with Crippen LogP contribution in [-0.2, 0) is 31.9 Å². The second kappa shape index (κ2) is 18.0. The molecule has 2 atom stereocenters. The number of nitrogens with two attached hydrogens (primary N) is 1. The standard InChI is InChI=1S/C30H43N3O5.C5H11NO2/c1-21(26(34)31-19-11-14-22-12-9-8-10-13-22)32-27(35)25(33-28(36)38-30(5,6)7)20-23-15-17-24(18-16-23)37-29(2,3)4;1-5(2,3)8-4(6)7/h8-10,12-13,15-18,21,25H,11,14,19-20H2,1-7H3,(H,31,34)(H,32,35)(H,33,36);1-3H3,(H2,6,7)/t21-,25+;/m1./s1. The molecule has 0 aliphatic carbocycles. The molecule has 0 aromatic heterocycles. The van der Waals surface area contributed by atoms with Gasteiger partial charge in [-0.3, -0.25) is 9.59 Å². The topological polar surface area (TPSA) is 158 Å². The van der Waals surface area contributed by atoms with Gasteiger partial charge in [0.2, 0.25) is 11.8 Å². The Morgan fingerprint density at radius 1 is 0.717 bits per heavy atom. The lowest BCUT2D eigenvalue weighted by atomic mass is 10.0. The zero-order chi connectivity index (χ0) is 35.1. The molecule has 0 aliphatic rings. The first-order valence-electron chi connectivity index (χ1n) is 15.5. The van der Waals surface area contributed by atoms with Crippen molar-refractivity contribution in [3.8, 4) is 5.75 Å². The van der Waals surface area contributed by atoms with Gasteiger partial charge in [-0.15, -0.1) is 0 Å². The van der Waals surface area contributed by atoms with Gasteiger partial charge in [0.15, 0.2) is 0 Å². The summed E-state index contributed by atoms with van der Waals surface area (Å²) in [5.41, 5.74) is 5.24. The monoisotopic (exact) mass is 642 g/mol. The number of amides is 4. The summed E-state index contributed by atoms with van der Waals surface area (Å²) in [5, 5.41) is 8.24. The molecule has 0 radical (unpaired) electrons. The lowest BCUT2D eigenvalue weighted by Crippen LogP contribution is -2.54. The Balaban J connectivity index is 0.00000116. The summed E-state index contributed by atoms with van der Waals surface area (Å²) in [6.07, 6.45) is 0.421. The van der Waals surface area contributed by atoms with E-state index in [2.05, 4.69) is 20.7 Å². The normalized spacial score (nSPS) is 12.7. The molecular formula is C35H54N4O7. The number of carbonyl (C=O) groups excluding carboxylic acids is 4. The van der Waals surface area contributed by atoms with Gasteiger partial charge in [0, 0.05) is 13.0 Å². The zero-order valence-electron chi connectivity index (χ0n) is 29.1. The maximum absolute atomic E-state index is 13.1. The van der Waals surface area contributed by atoms with E-state index in [-0.39, 0.29) is 17.9 Å². The van der Waals surface area contributed by atoms with Crippen LogP contribution >= 0.6 is 0 Å². The molecule has 11 heteroatoms. The van der Waals surface area contributed by atoms with Crippen LogP contribution in [0.3, 0.4) is 0 Å². The molecule has 256 valence electrons. The Bertz CT molecular complexity index is 1240. The minimum Gasteiger partial charge on any atom is -0.488 e. The Morgan fingerprint density at radius 3 is 1.76 bits per heavy atom. The van der Waals surface area contributed by atoms with Crippen molar-refractivity contribution in [2.24, 2.45) is 5.73 Å². The summed E-state index contributed by atoms with van der Waals surface area (Å²) in [6.45, 7) is 18.5. The van der Waals surface area contributed by atoms with E-state index in [1.807, 2.05) is 75.4 Å². The molecule has 0 unspecified atom stereocenters. The highest BCUT2D eigenvalue weighted by atomic mass is 16.6. The molecule has 2 rings (SSSR count). The average Bonchev–Trinajstić information content (AvgIpc) is 2.89. The third-order valence-electron chi connectivity index (χ3n) is 5.74. The van der Waals surface area contributed by atoms with E-state index in [9.17, 15) is 19.2 Å². The van der Waals surface area contributed by atoms with Crippen molar-refractivity contribution in [3.63, 3.8) is 0 Å². The smallest absolute Gasteiger partial charge is 0.408 e. The molecule has 5 N–H and O–H groups in total. The van der Waals surface area contributed by atoms with Gasteiger partial charge in [-0.1, -0.05) is 42.5 Å². The fourth-order valence-corrected chi connectivity index (χ4v) is 3.93. The number of ether oxygens (including phenoxy) is 3. The number of aryl methyl sites for hydroxylation is 1. The molecule has 11 nitrogen and oxygen atoms in total. The summed E-state index contributed by atoms with van der Waals surface area (Å²) in [6, 6.07) is 15.7. The van der Waals surface area contributed by atoms with Crippen LogP contribution in [0.15, 0.2) is 54.6 Å². The van der Waals surface area contributed by atoms with Crippen molar-refractivity contribution in [3.05, 3.63) is 65.7 Å². The van der Waals surface area contributed by atoms with Crippen molar-refractivity contribution in [1.82, 2.24) is 16.0 Å². The Kier molecular flexibility index (Phi) is 15.6. The zero-order valence-corrected chi connectivity index (χ0v) is 29.1. The molecule has 0 saturated carbocycles. The number of primary amides is 1. The molecule has 4 amide bonds. The van der Waals surface area contributed by atoms with E-state index in [0.717, 1.165) is 18.4 Å². The van der Waals surface area contributed by atoms with Gasteiger partial charge in [0.05, 0.1) is 0 Å². The van der Waals surface area contributed by atoms with Gasteiger partial charge >= 0.3 is 12.2 Å². The van der Waals surface area contributed by atoms with E-state index in [1.54, 1.807) is 48.5 Å². The first-order chi connectivity index (χ1) is 21.1. The van der Waals surface area contributed by atoms with Gasteiger partial charge in [0.25, 0.3) is 0 Å². The summed E-state index contributed by atoms with van der Waals surface area (Å²) in [4.78, 5) is 48.2. The molecule has 2 aromatic rings. The van der Waals surface area contributed by atoms with Gasteiger partial charge in [-0.25, -0.2) is 9.59 Å². The quantitative estimate of drug-likeness (QED) is 0.238. The van der Waals surface area contributed by atoms with E-state index < -0.39 is 41.4 Å². The number of carbonyl (C=O) groups is 4. The van der Waals surface area contributed by atoms with Crippen LogP contribution in [0.25, 0.3) is 0 Å². The number of benzene rings is 2. The van der Waals surface area contributed by atoms with Gasteiger partial charge < -0.3 is 35.9 Å². The number of rotatable bonds is 11. The summed E-state index contributed by atoms with van der Waals surface area (Å²) >= 11 is 0. The first-order valence-corrected chi connectivity index (χ1v) is 15.5. The van der Waals surface area contributed by atoms with Crippen molar-refractivity contribution in [1.29, 1.82) is 0 Å². The maximum atomic E-state index is 13.1. The largest absolute Gasteiger partial charge is 0.488 e. The molecule has 0 spiro atoms. The Morgan fingerprint density at radius 2 is 1.28 bits per heavy atom. The fraction of sp³-hybridized carbons (Fsp3) is 0.543. The van der Waals surface area contributed by atoms with Crippen LogP contribution in [-0.4, -0.2) is 59.4 Å². The van der Waals surface area contributed by atoms with E-state index in [4.69, 9.17) is 15.2 Å². The van der Waals surface area contributed by atoms with Crippen LogP contribution in [0.5, 0.6) is 5.75 Å². The van der Waals surface area contributed by atoms with E-state index in [1.165, 1.54) is 5.56 Å². The van der Waals surface area contributed by atoms with Crippen molar-refractivity contribution in [2.45, 2.75) is 117 Å². The number of hydrogen-bond acceptors (Lipinski definition) is 7. The van der Waals surface area contributed by atoms with E-state index >= 15 is 0 Å². The second-order valence-corrected chi connectivity index (χ2v) is 13.9. The fourth-order valence-electron chi connectivity index (χ4n) is 3.93. The summed E-state index contributed by atoms with van der Waals surface area (Å²) in [5.74, 6) is -0.0520. The molecule has 2 aromatic carbocycles. The van der Waals surface area contributed by atoms with E-state index in [0.29, 0.717) is 12.3 Å². The number of alkyl carbamates (subject to hydrolysis) is 1. The molecule has 0 fully saturated rings. The molecule has 46 heavy (non-hydrogen) atoms. The number of nitrogens with one attached hydrogen (secondary N) is 3. The lowest BCUT2D eigenvalue weighted by Gasteiger charge is -2.25. The van der Waals surface area contributed by atoms with Crippen LogP contribution in [0, 0.1) is 0 Å². The third kappa shape index (κ3) is 19.2.